The summed E-state index contributed by atoms with van der Waals surface area (Å²) in [6, 6.07) is 0.213. The molecule has 0 atom stereocenters. The number of aromatic nitrogens is 3. The summed E-state index contributed by atoms with van der Waals surface area (Å²) in [6.45, 7) is 0.225. The van der Waals surface area contributed by atoms with Gasteiger partial charge in [-0.2, -0.15) is 13.2 Å². The summed E-state index contributed by atoms with van der Waals surface area (Å²) in [6.07, 6.45) is -0.977. The van der Waals surface area contributed by atoms with E-state index in [2.05, 4.69) is 25.7 Å². The van der Waals surface area contributed by atoms with Crippen LogP contribution in [0.3, 0.4) is 0 Å². The summed E-state index contributed by atoms with van der Waals surface area (Å²) < 4.78 is 41.6. The number of amides is 1. The Labute approximate surface area is 125 Å². The zero-order valence-electron chi connectivity index (χ0n) is 11.9. The zero-order valence-corrected chi connectivity index (χ0v) is 11.9. The van der Waals surface area contributed by atoms with Crippen LogP contribution < -0.4 is 10.6 Å². The first-order chi connectivity index (χ1) is 10.5. The minimum atomic E-state index is -4.36. The van der Waals surface area contributed by atoms with Crippen molar-refractivity contribution in [2.75, 3.05) is 32.8 Å². The Kier molecular flexibility index (Phi) is 5.72. The lowest BCUT2D eigenvalue weighted by atomic mass is 10.1. The number of hydrogen-bond donors (Lipinski definition) is 2. The maximum Gasteiger partial charge on any atom is 0.411 e. The number of carbonyl (C=O) groups is 1. The van der Waals surface area contributed by atoms with Crippen molar-refractivity contribution in [3.8, 4) is 0 Å². The smallest absolute Gasteiger partial charge is 0.370 e. The van der Waals surface area contributed by atoms with E-state index in [1.165, 1.54) is 0 Å². The fourth-order valence-electron chi connectivity index (χ4n) is 2.15. The predicted molar refractivity (Wildman–Crippen MR) is 70.4 cm³/mol. The van der Waals surface area contributed by atoms with Crippen molar-refractivity contribution in [3.63, 3.8) is 0 Å². The number of hydrogen-bond acceptors (Lipinski definition) is 5. The molecule has 10 heteroatoms. The number of piperidine rings is 1. The van der Waals surface area contributed by atoms with Gasteiger partial charge in [0.25, 0.3) is 5.91 Å². The molecular weight excluding hydrogens is 303 g/mol. The first-order valence-corrected chi connectivity index (χ1v) is 7.01. The van der Waals surface area contributed by atoms with Crippen LogP contribution in [0.1, 0.15) is 29.4 Å². The highest BCUT2D eigenvalue weighted by molar-refractivity contribution is 5.91. The molecule has 2 rings (SSSR count). The third-order valence-electron chi connectivity index (χ3n) is 3.22. The van der Waals surface area contributed by atoms with Crippen molar-refractivity contribution in [2.24, 2.45) is 0 Å². The van der Waals surface area contributed by atoms with Crippen molar-refractivity contribution >= 4 is 5.91 Å². The number of alkyl halides is 3. The van der Waals surface area contributed by atoms with Crippen molar-refractivity contribution in [1.82, 2.24) is 25.6 Å². The van der Waals surface area contributed by atoms with Crippen LogP contribution in [-0.2, 0) is 4.74 Å². The van der Waals surface area contributed by atoms with Gasteiger partial charge in [0.1, 0.15) is 6.61 Å². The van der Waals surface area contributed by atoms with Crippen molar-refractivity contribution in [2.45, 2.75) is 25.1 Å². The molecule has 0 radical (unpaired) electrons. The van der Waals surface area contributed by atoms with Crippen LogP contribution in [0.15, 0.2) is 6.20 Å². The molecule has 1 aromatic rings. The fourth-order valence-corrected chi connectivity index (χ4v) is 2.15. The van der Waals surface area contributed by atoms with Gasteiger partial charge in [-0.15, -0.1) is 5.10 Å². The number of nitrogens with one attached hydrogen (secondary N) is 2. The molecule has 22 heavy (non-hydrogen) atoms. The van der Waals surface area contributed by atoms with Gasteiger partial charge in [-0.1, -0.05) is 5.21 Å². The number of ether oxygens (including phenoxy) is 1. The molecular formula is C12H18F3N5O2. The second-order valence-electron chi connectivity index (χ2n) is 4.99. The van der Waals surface area contributed by atoms with Crippen LogP contribution in [0.5, 0.6) is 0 Å². The second kappa shape index (κ2) is 7.54. The van der Waals surface area contributed by atoms with Crippen molar-refractivity contribution in [1.29, 1.82) is 0 Å². The minimum absolute atomic E-state index is 0.0187. The van der Waals surface area contributed by atoms with E-state index in [-0.39, 0.29) is 24.9 Å². The molecule has 1 aliphatic rings. The molecule has 124 valence electrons. The summed E-state index contributed by atoms with van der Waals surface area (Å²) >= 11 is 0. The molecule has 2 N–H and O–H groups in total. The van der Waals surface area contributed by atoms with E-state index in [1.807, 2.05) is 0 Å². The van der Waals surface area contributed by atoms with Crippen LogP contribution in [-0.4, -0.2) is 59.9 Å². The van der Waals surface area contributed by atoms with Crippen molar-refractivity contribution in [3.05, 3.63) is 11.9 Å². The molecule has 1 amide bonds. The van der Waals surface area contributed by atoms with Gasteiger partial charge in [-0.25, -0.2) is 4.68 Å². The highest BCUT2D eigenvalue weighted by atomic mass is 19.4. The Morgan fingerprint density at radius 2 is 2.18 bits per heavy atom. The standard InChI is InChI=1S/C12H18F3N5O2/c13-12(14,15)8-22-6-5-17-11(21)10-7-20(19-18-10)9-1-3-16-4-2-9/h7,9,16H,1-6,8H2,(H,17,21). The van der Waals surface area contributed by atoms with Crippen LogP contribution in [0.4, 0.5) is 13.2 Å². The molecule has 1 aromatic heterocycles. The van der Waals surface area contributed by atoms with E-state index < -0.39 is 18.7 Å². The van der Waals surface area contributed by atoms with Gasteiger partial charge in [0.05, 0.1) is 18.8 Å². The largest absolute Gasteiger partial charge is 0.411 e. The quantitative estimate of drug-likeness (QED) is 0.746. The summed E-state index contributed by atoms with van der Waals surface area (Å²) in [5.74, 6) is -0.476. The highest BCUT2D eigenvalue weighted by Crippen LogP contribution is 2.17. The molecule has 0 unspecified atom stereocenters. The molecule has 1 saturated heterocycles. The summed E-state index contributed by atoms with van der Waals surface area (Å²) in [7, 11) is 0. The maximum atomic E-state index is 11.8. The monoisotopic (exact) mass is 321 g/mol. The van der Waals surface area contributed by atoms with E-state index >= 15 is 0 Å². The van der Waals surface area contributed by atoms with Gasteiger partial charge in [0.2, 0.25) is 0 Å². The number of nitrogens with zero attached hydrogens (tertiary/aromatic N) is 3. The number of rotatable bonds is 6. The summed E-state index contributed by atoms with van der Waals surface area (Å²) in [5, 5.41) is 13.4. The highest BCUT2D eigenvalue weighted by Gasteiger charge is 2.27. The average molecular weight is 321 g/mol. The molecule has 0 spiro atoms. The Balaban J connectivity index is 1.72. The number of halogens is 3. The SMILES string of the molecule is O=C(NCCOCC(F)(F)F)c1cn(C2CCNCC2)nn1. The molecule has 7 nitrogen and oxygen atoms in total. The lowest BCUT2D eigenvalue weighted by Crippen LogP contribution is -2.30. The van der Waals surface area contributed by atoms with Crippen LogP contribution in [0.2, 0.25) is 0 Å². The summed E-state index contributed by atoms with van der Waals surface area (Å²) in [5.41, 5.74) is 0.148. The van der Waals surface area contributed by atoms with E-state index in [1.54, 1.807) is 10.9 Å². The normalized spacial score (nSPS) is 16.7. The molecule has 0 saturated carbocycles. The third-order valence-corrected chi connectivity index (χ3v) is 3.22. The fraction of sp³-hybridized carbons (Fsp3) is 0.750. The Bertz CT molecular complexity index is 485. The van der Waals surface area contributed by atoms with Gasteiger partial charge < -0.3 is 15.4 Å². The van der Waals surface area contributed by atoms with E-state index in [0.29, 0.717) is 0 Å². The lowest BCUT2D eigenvalue weighted by molar-refractivity contribution is -0.173. The van der Waals surface area contributed by atoms with Crippen LogP contribution in [0, 0.1) is 0 Å². The lowest BCUT2D eigenvalue weighted by Gasteiger charge is -2.22. The van der Waals surface area contributed by atoms with E-state index in [0.717, 1.165) is 25.9 Å². The Hall–Kier alpha value is -1.68. The van der Waals surface area contributed by atoms with Gasteiger partial charge in [-0.3, -0.25) is 4.79 Å². The molecule has 1 fully saturated rings. The van der Waals surface area contributed by atoms with Gasteiger partial charge in [0, 0.05) is 6.54 Å². The molecule has 1 aliphatic heterocycles. The van der Waals surface area contributed by atoms with Crippen LogP contribution in [0.25, 0.3) is 0 Å². The average Bonchev–Trinajstić information content (AvgIpc) is 2.96. The van der Waals surface area contributed by atoms with Gasteiger partial charge in [-0.05, 0) is 25.9 Å². The number of carbonyl (C=O) groups excluding carboxylic acids is 1. The zero-order chi connectivity index (χ0) is 16.0. The van der Waals surface area contributed by atoms with E-state index in [9.17, 15) is 18.0 Å². The summed E-state index contributed by atoms with van der Waals surface area (Å²) in [4.78, 5) is 11.8. The first kappa shape index (κ1) is 16.7. The molecule has 0 aliphatic carbocycles. The maximum absolute atomic E-state index is 11.8. The van der Waals surface area contributed by atoms with Crippen molar-refractivity contribution < 1.29 is 22.7 Å². The first-order valence-electron chi connectivity index (χ1n) is 7.01. The van der Waals surface area contributed by atoms with Gasteiger partial charge in [0.15, 0.2) is 5.69 Å². The van der Waals surface area contributed by atoms with Crippen LogP contribution >= 0.6 is 0 Å². The molecule has 2 heterocycles. The predicted octanol–water partition coefficient (Wildman–Crippen LogP) is 0.511. The Morgan fingerprint density at radius 3 is 2.86 bits per heavy atom. The molecule has 0 aromatic carbocycles. The minimum Gasteiger partial charge on any atom is -0.370 e. The van der Waals surface area contributed by atoms with E-state index in [4.69, 9.17) is 0 Å². The third kappa shape index (κ3) is 5.26. The topological polar surface area (TPSA) is 81.1 Å². The second-order valence-corrected chi connectivity index (χ2v) is 4.99. The Morgan fingerprint density at radius 1 is 1.45 bits per heavy atom. The molecule has 0 bridgehead atoms. The van der Waals surface area contributed by atoms with Gasteiger partial charge >= 0.3 is 6.18 Å².